The highest BCUT2D eigenvalue weighted by Gasteiger charge is 2.20. The van der Waals surface area contributed by atoms with Crippen LogP contribution in [-0.4, -0.2) is 48.1 Å². The van der Waals surface area contributed by atoms with Crippen molar-refractivity contribution in [3.05, 3.63) is 48.2 Å². The molecule has 0 spiro atoms. The molecule has 0 radical (unpaired) electrons. The Morgan fingerprint density at radius 2 is 1.68 bits per heavy atom. The molecule has 0 atom stereocenters. The number of aromatic nitrogens is 3. The second-order valence-electron chi connectivity index (χ2n) is 6.25. The Hall–Kier alpha value is -4.28. The molecule has 0 bridgehead atoms. The van der Waals surface area contributed by atoms with Crippen molar-refractivity contribution in [3.63, 3.8) is 0 Å². The van der Waals surface area contributed by atoms with Crippen LogP contribution in [0.4, 0.5) is 17.2 Å². The van der Waals surface area contributed by atoms with E-state index in [0.29, 0.717) is 28.6 Å². The fourth-order valence-corrected chi connectivity index (χ4v) is 2.76. The minimum atomic E-state index is -0.578. The lowest BCUT2D eigenvalue weighted by atomic mass is 10.2. The lowest BCUT2D eigenvalue weighted by molar-refractivity contribution is -0.116. The Morgan fingerprint density at radius 3 is 2.39 bits per heavy atom. The molecule has 162 valence electrons. The Bertz CT molecular complexity index is 1100. The molecular formula is C20H22N6O5. The van der Waals surface area contributed by atoms with Gasteiger partial charge in [0.15, 0.2) is 11.5 Å². The number of hydrogen-bond acceptors (Lipinski definition) is 8. The number of amides is 2. The normalized spacial score (nSPS) is 10.3. The lowest BCUT2D eigenvalue weighted by Gasteiger charge is -2.12. The van der Waals surface area contributed by atoms with Crippen LogP contribution in [0.2, 0.25) is 0 Å². The number of anilines is 3. The third kappa shape index (κ3) is 4.83. The number of nitrogens with zero attached hydrogens (tertiary/aromatic N) is 3. The molecule has 0 unspecified atom stereocenters. The van der Waals surface area contributed by atoms with Crippen LogP contribution in [0.25, 0.3) is 0 Å². The predicted octanol–water partition coefficient (Wildman–Crippen LogP) is 1.78. The zero-order valence-electron chi connectivity index (χ0n) is 17.2. The van der Waals surface area contributed by atoms with E-state index in [2.05, 4.69) is 20.9 Å². The Kier molecular flexibility index (Phi) is 6.55. The topological polar surface area (TPSA) is 143 Å². The van der Waals surface area contributed by atoms with E-state index in [0.717, 1.165) is 4.68 Å². The van der Waals surface area contributed by atoms with Crippen molar-refractivity contribution >= 4 is 29.0 Å². The van der Waals surface area contributed by atoms with Gasteiger partial charge in [0.1, 0.15) is 23.8 Å². The van der Waals surface area contributed by atoms with E-state index in [1.54, 1.807) is 42.5 Å². The molecule has 31 heavy (non-hydrogen) atoms. The number of nitrogens with one attached hydrogen (secondary N) is 2. The molecule has 0 aliphatic carbocycles. The second kappa shape index (κ2) is 9.48. The molecule has 1 aromatic heterocycles. The number of benzene rings is 2. The summed E-state index contributed by atoms with van der Waals surface area (Å²) in [5.74, 6) is 0.429. The molecule has 4 N–H and O–H groups in total. The number of methoxy groups -OCH3 is 3. The molecule has 0 saturated heterocycles. The van der Waals surface area contributed by atoms with Crippen molar-refractivity contribution in [2.45, 2.75) is 6.54 Å². The van der Waals surface area contributed by atoms with Gasteiger partial charge in [0.05, 0.1) is 32.7 Å². The number of carbonyl (C=O) groups is 2. The number of hydrogen-bond donors (Lipinski definition) is 3. The highest BCUT2D eigenvalue weighted by atomic mass is 16.5. The van der Waals surface area contributed by atoms with Crippen LogP contribution >= 0.6 is 0 Å². The SMILES string of the molecule is COc1ccc(NC(=O)Cn2nnc(C(=O)Nc3ccccc3OC)c2N)c(OC)c1. The van der Waals surface area contributed by atoms with Crippen LogP contribution in [0, 0.1) is 0 Å². The van der Waals surface area contributed by atoms with Crippen molar-refractivity contribution in [1.29, 1.82) is 0 Å². The highest BCUT2D eigenvalue weighted by Crippen LogP contribution is 2.29. The van der Waals surface area contributed by atoms with Crippen molar-refractivity contribution in [2.75, 3.05) is 37.7 Å². The van der Waals surface area contributed by atoms with Crippen molar-refractivity contribution < 1.29 is 23.8 Å². The minimum absolute atomic E-state index is 0.0516. The van der Waals surface area contributed by atoms with Crippen LogP contribution in [-0.2, 0) is 11.3 Å². The van der Waals surface area contributed by atoms with Crippen LogP contribution in [0.5, 0.6) is 17.2 Å². The number of rotatable bonds is 8. The highest BCUT2D eigenvalue weighted by molar-refractivity contribution is 6.06. The third-order valence-corrected chi connectivity index (χ3v) is 4.32. The number of carbonyl (C=O) groups excluding carboxylic acids is 2. The second-order valence-corrected chi connectivity index (χ2v) is 6.25. The maximum atomic E-state index is 12.5. The van der Waals surface area contributed by atoms with Gasteiger partial charge in [-0.25, -0.2) is 4.68 Å². The molecule has 11 nitrogen and oxygen atoms in total. The molecule has 0 aliphatic rings. The zero-order valence-corrected chi connectivity index (χ0v) is 17.2. The quantitative estimate of drug-likeness (QED) is 0.495. The van der Waals surface area contributed by atoms with E-state index in [1.807, 2.05) is 0 Å². The minimum Gasteiger partial charge on any atom is -0.497 e. The van der Waals surface area contributed by atoms with E-state index in [9.17, 15) is 9.59 Å². The summed E-state index contributed by atoms with van der Waals surface area (Å²) < 4.78 is 16.7. The van der Waals surface area contributed by atoms with Gasteiger partial charge < -0.3 is 30.6 Å². The zero-order chi connectivity index (χ0) is 22.4. The summed E-state index contributed by atoms with van der Waals surface area (Å²) in [4.78, 5) is 25.0. The molecule has 3 rings (SSSR count). The molecule has 11 heteroatoms. The lowest BCUT2D eigenvalue weighted by Crippen LogP contribution is -2.21. The van der Waals surface area contributed by atoms with E-state index in [4.69, 9.17) is 19.9 Å². The molecule has 0 saturated carbocycles. The van der Waals surface area contributed by atoms with Crippen LogP contribution in [0.15, 0.2) is 42.5 Å². The van der Waals surface area contributed by atoms with Crippen LogP contribution in [0.1, 0.15) is 10.5 Å². The van der Waals surface area contributed by atoms with Gasteiger partial charge in [-0.15, -0.1) is 5.10 Å². The molecule has 2 aromatic carbocycles. The molecule has 0 aliphatic heterocycles. The summed E-state index contributed by atoms with van der Waals surface area (Å²) in [5, 5.41) is 13.0. The fraction of sp³-hybridized carbons (Fsp3) is 0.200. The Balaban J connectivity index is 1.70. The average molecular weight is 426 g/mol. The average Bonchev–Trinajstić information content (AvgIpc) is 3.14. The van der Waals surface area contributed by atoms with E-state index >= 15 is 0 Å². The summed E-state index contributed by atoms with van der Waals surface area (Å²) in [5.41, 5.74) is 6.78. The van der Waals surface area contributed by atoms with Gasteiger partial charge in [-0.2, -0.15) is 0 Å². The summed E-state index contributed by atoms with van der Waals surface area (Å²) in [7, 11) is 4.50. The van der Waals surface area contributed by atoms with Gasteiger partial charge in [0, 0.05) is 6.07 Å². The van der Waals surface area contributed by atoms with Gasteiger partial charge in [0.2, 0.25) is 5.91 Å². The molecule has 0 fully saturated rings. The first-order chi connectivity index (χ1) is 15.0. The molecule has 1 heterocycles. The standard InChI is InChI=1S/C20H22N6O5/c1-29-12-8-9-14(16(10-12)31-3)22-17(27)11-26-19(21)18(24-25-26)20(28)23-13-6-4-5-7-15(13)30-2/h4-10H,11,21H2,1-3H3,(H,22,27)(H,23,28). The van der Waals surface area contributed by atoms with E-state index < -0.39 is 11.8 Å². The predicted molar refractivity (Wildman–Crippen MR) is 114 cm³/mol. The van der Waals surface area contributed by atoms with Gasteiger partial charge in [0.25, 0.3) is 5.91 Å². The van der Waals surface area contributed by atoms with Crippen LogP contribution < -0.4 is 30.6 Å². The maximum absolute atomic E-state index is 12.5. The Labute approximate surface area is 178 Å². The number of ether oxygens (including phenoxy) is 3. The molecule has 3 aromatic rings. The smallest absolute Gasteiger partial charge is 0.280 e. The summed E-state index contributed by atoms with van der Waals surface area (Å²) >= 11 is 0. The largest absolute Gasteiger partial charge is 0.497 e. The molecular weight excluding hydrogens is 404 g/mol. The molecule has 2 amide bonds. The van der Waals surface area contributed by atoms with Gasteiger partial charge in [-0.3, -0.25) is 9.59 Å². The van der Waals surface area contributed by atoms with Gasteiger partial charge in [-0.1, -0.05) is 17.3 Å². The first-order valence-corrected chi connectivity index (χ1v) is 9.12. The van der Waals surface area contributed by atoms with Crippen molar-refractivity contribution in [1.82, 2.24) is 15.0 Å². The Morgan fingerprint density at radius 1 is 0.968 bits per heavy atom. The summed E-state index contributed by atoms with van der Waals surface area (Å²) in [6.07, 6.45) is 0. The van der Waals surface area contributed by atoms with E-state index in [-0.39, 0.29) is 18.1 Å². The van der Waals surface area contributed by atoms with Gasteiger partial charge in [-0.05, 0) is 24.3 Å². The number of nitrogen functional groups attached to an aromatic ring is 1. The number of para-hydroxylation sites is 2. The van der Waals surface area contributed by atoms with E-state index in [1.165, 1.54) is 21.3 Å². The summed E-state index contributed by atoms with van der Waals surface area (Å²) in [6.45, 7) is -0.254. The first kappa shape index (κ1) is 21.4. The number of nitrogens with two attached hydrogens (primary N) is 1. The van der Waals surface area contributed by atoms with Crippen LogP contribution in [0.3, 0.4) is 0 Å². The van der Waals surface area contributed by atoms with Crippen molar-refractivity contribution in [3.8, 4) is 17.2 Å². The van der Waals surface area contributed by atoms with Crippen molar-refractivity contribution in [2.24, 2.45) is 0 Å². The first-order valence-electron chi connectivity index (χ1n) is 9.12. The summed E-state index contributed by atoms with van der Waals surface area (Å²) in [6, 6.07) is 11.9. The van der Waals surface area contributed by atoms with Gasteiger partial charge >= 0.3 is 0 Å². The third-order valence-electron chi connectivity index (χ3n) is 4.32. The fourth-order valence-electron chi connectivity index (χ4n) is 2.76. The monoisotopic (exact) mass is 426 g/mol. The maximum Gasteiger partial charge on any atom is 0.280 e.